The van der Waals surface area contributed by atoms with E-state index in [2.05, 4.69) is 10.6 Å². The normalized spacial score (nSPS) is 21.7. The standard InChI is InChI=1S/C17H14FN3O2/c1-2-21-15(22)11-5-3-4-6-13(11)20-17(21)12-9-10(18)7-8-14(12)19-16(17)23/h3-9,20H,2H2,1H3,(H,19,23). The van der Waals surface area contributed by atoms with E-state index in [0.717, 1.165) is 0 Å². The second-order valence-corrected chi connectivity index (χ2v) is 5.57. The van der Waals surface area contributed by atoms with Gasteiger partial charge in [0.15, 0.2) is 0 Å². The molecule has 2 heterocycles. The van der Waals surface area contributed by atoms with Crippen molar-refractivity contribution in [2.24, 2.45) is 0 Å². The van der Waals surface area contributed by atoms with Crippen molar-refractivity contribution < 1.29 is 14.0 Å². The first-order valence-electron chi connectivity index (χ1n) is 7.38. The van der Waals surface area contributed by atoms with Crippen molar-refractivity contribution in [1.82, 2.24) is 4.90 Å². The molecular weight excluding hydrogens is 297 g/mol. The number of likely N-dealkylation sites (N-methyl/N-ethyl adjacent to an activating group) is 1. The first-order valence-corrected chi connectivity index (χ1v) is 7.38. The van der Waals surface area contributed by atoms with Crippen LogP contribution in [0.4, 0.5) is 15.8 Å². The minimum absolute atomic E-state index is 0.255. The van der Waals surface area contributed by atoms with Gasteiger partial charge < -0.3 is 15.5 Å². The zero-order chi connectivity index (χ0) is 16.2. The molecule has 2 aromatic carbocycles. The van der Waals surface area contributed by atoms with Crippen LogP contribution in [0.25, 0.3) is 0 Å². The molecule has 0 radical (unpaired) electrons. The summed E-state index contributed by atoms with van der Waals surface area (Å²) in [6.07, 6.45) is 0. The predicted molar refractivity (Wildman–Crippen MR) is 83.5 cm³/mol. The Morgan fingerprint density at radius 3 is 2.70 bits per heavy atom. The van der Waals surface area contributed by atoms with E-state index in [1.54, 1.807) is 31.2 Å². The second-order valence-electron chi connectivity index (χ2n) is 5.57. The molecule has 2 N–H and O–H groups in total. The van der Waals surface area contributed by atoms with E-state index in [-0.39, 0.29) is 11.8 Å². The summed E-state index contributed by atoms with van der Waals surface area (Å²) >= 11 is 0. The van der Waals surface area contributed by atoms with E-state index in [1.165, 1.54) is 23.1 Å². The minimum atomic E-state index is -1.42. The number of nitrogens with zero attached hydrogens (tertiary/aromatic N) is 1. The fraction of sp³-hybridized carbons (Fsp3) is 0.176. The van der Waals surface area contributed by atoms with Crippen molar-refractivity contribution >= 4 is 23.2 Å². The van der Waals surface area contributed by atoms with Crippen LogP contribution in [0, 0.1) is 5.82 Å². The van der Waals surface area contributed by atoms with Crippen LogP contribution in [-0.4, -0.2) is 23.3 Å². The number of fused-ring (bicyclic) bond motifs is 3. The molecule has 5 nitrogen and oxygen atoms in total. The van der Waals surface area contributed by atoms with Crippen LogP contribution < -0.4 is 10.6 Å². The Kier molecular flexibility index (Phi) is 2.72. The summed E-state index contributed by atoms with van der Waals surface area (Å²) in [6, 6.07) is 11.1. The van der Waals surface area contributed by atoms with Gasteiger partial charge in [-0.25, -0.2) is 4.39 Å². The third-order valence-electron chi connectivity index (χ3n) is 4.39. The summed E-state index contributed by atoms with van der Waals surface area (Å²) in [5.74, 6) is -1.10. The highest BCUT2D eigenvalue weighted by atomic mass is 19.1. The number of amides is 2. The lowest BCUT2D eigenvalue weighted by Crippen LogP contribution is -2.61. The Bertz CT molecular complexity index is 851. The Hall–Kier alpha value is -2.89. The van der Waals surface area contributed by atoms with E-state index in [0.29, 0.717) is 29.0 Å². The zero-order valence-corrected chi connectivity index (χ0v) is 12.4. The molecule has 116 valence electrons. The van der Waals surface area contributed by atoms with Crippen LogP contribution in [0.2, 0.25) is 0 Å². The smallest absolute Gasteiger partial charge is 0.276 e. The van der Waals surface area contributed by atoms with Gasteiger partial charge in [-0.2, -0.15) is 0 Å². The lowest BCUT2D eigenvalue weighted by atomic mass is 9.93. The van der Waals surface area contributed by atoms with Gasteiger partial charge >= 0.3 is 0 Å². The van der Waals surface area contributed by atoms with Gasteiger partial charge in [0.05, 0.1) is 5.56 Å². The molecular formula is C17H14FN3O2. The molecule has 2 aliphatic rings. The van der Waals surface area contributed by atoms with Gasteiger partial charge in [-0.1, -0.05) is 12.1 Å². The largest absolute Gasteiger partial charge is 0.350 e. The fourth-order valence-corrected chi connectivity index (χ4v) is 3.37. The van der Waals surface area contributed by atoms with Crippen LogP contribution in [0.1, 0.15) is 22.8 Å². The number of halogens is 1. The molecule has 0 fully saturated rings. The Morgan fingerprint density at radius 1 is 1.13 bits per heavy atom. The molecule has 2 amide bonds. The van der Waals surface area contributed by atoms with E-state index in [1.807, 2.05) is 0 Å². The molecule has 23 heavy (non-hydrogen) atoms. The van der Waals surface area contributed by atoms with E-state index in [4.69, 9.17) is 0 Å². The zero-order valence-electron chi connectivity index (χ0n) is 12.4. The van der Waals surface area contributed by atoms with Gasteiger partial charge in [0.25, 0.3) is 11.8 Å². The number of hydrogen-bond acceptors (Lipinski definition) is 3. The van der Waals surface area contributed by atoms with Crippen LogP contribution in [-0.2, 0) is 10.5 Å². The number of hydrogen-bond donors (Lipinski definition) is 2. The molecule has 6 heteroatoms. The lowest BCUT2D eigenvalue weighted by molar-refractivity contribution is -0.125. The van der Waals surface area contributed by atoms with Crippen molar-refractivity contribution in [2.75, 3.05) is 17.2 Å². The average molecular weight is 311 g/mol. The maximum Gasteiger partial charge on any atom is 0.276 e. The highest BCUT2D eigenvalue weighted by molar-refractivity contribution is 6.14. The summed E-state index contributed by atoms with van der Waals surface area (Å²) in [5, 5.41) is 5.90. The number of rotatable bonds is 1. The number of nitrogens with one attached hydrogen (secondary N) is 2. The van der Waals surface area contributed by atoms with Crippen molar-refractivity contribution in [1.29, 1.82) is 0 Å². The van der Waals surface area contributed by atoms with E-state index >= 15 is 0 Å². The first kappa shape index (κ1) is 13.8. The van der Waals surface area contributed by atoms with Gasteiger partial charge in [-0.3, -0.25) is 9.59 Å². The monoisotopic (exact) mass is 311 g/mol. The Balaban J connectivity index is 1.99. The summed E-state index contributed by atoms with van der Waals surface area (Å²) < 4.78 is 13.8. The predicted octanol–water partition coefficient (Wildman–Crippen LogP) is 2.52. The summed E-state index contributed by atoms with van der Waals surface area (Å²) in [6.45, 7) is 2.10. The van der Waals surface area contributed by atoms with Crippen LogP contribution in [0.3, 0.4) is 0 Å². The van der Waals surface area contributed by atoms with E-state index in [9.17, 15) is 14.0 Å². The maximum absolute atomic E-state index is 13.8. The molecule has 2 aromatic rings. The van der Waals surface area contributed by atoms with Crippen LogP contribution in [0.5, 0.6) is 0 Å². The summed E-state index contributed by atoms with van der Waals surface area (Å²) in [5.41, 5.74) is 0.575. The SMILES string of the molecule is CCN1C(=O)c2ccccc2NC12C(=O)Nc1ccc(F)cc12. The van der Waals surface area contributed by atoms with Crippen molar-refractivity contribution in [3.8, 4) is 0 Å². The fourth-order valence-electron chi connectivity index (χ4n) is 3.37. The Labute approximate surface area is 132 Å². The van der Waals surface area contributed by atoms with Gasteiger partial charge in [0.1, 0.15) is 5.82 Å². The molecule has 2 aliphatic heterocycles. The Morgan fingerprint density at radius 2 is 1.91 bits per heavy atom. The first-order chi connectivity index (χ1) is 11.1. The average Bonchev–Trinajstić information content (AvgIpc) is 2.81. The quantitative estimate of drug-likeness (QED) is 0.851. The van der Waals surface area contributed by atoms with Crippen LogP contribution >= 0.6 is 0 Å². The van der Waals surface area contributed by atoms with Crippen molar-refractivity contribution in [3.63, 3.8) is 0 Å². The van der Waals surface area contributed by atoms with Crippen LogP contribution in [0.15, 0.2) is 42.5 Å². The second kappa shape index (κ2) is 4.55. The molecule has 0 bridgehead atoms. The molecule has 0 saturated heterocycles. The molecule has 0 aliphatic carbocycles. The molecule has 1 spiro atoms. The van der Waals surface area contributed by atoms with E-state index < -0.39 is 11.5 Å². The number of para-hydroxylation sites is 1. The lowest BCUT2D eigenvalue weighted by Gasteiger charge is -2.44. The minimum Gasteiger partial charge on any atom is -0.350 e. The summed E-state index contributed by atoms with van der Waals surface area (Å²) in [7, 11) is 0. The number of anilines is 2. The van der Waals surface area contributed by atoms with Crippen molar-refractivity contribution in [2.45, 2.75) is 12.6 Å². The van der Waals surface area contributed by atoms with Gasteiger partial charge in [-0.05, 0) is 37.3 Å². The maximum atomic E-state index is 13.8. The van der Waals surface area contributed by atoms with Gasteiger partial charge in [0, 0.05) is 23.5 Å². The molecule has 0 saturated carbocycles. The number of carbonyl (C=O) groups is 2. The number of benzene rings is 2. The molecule has 1 unspecified atom stereocenters. The highest BCUT2D eigenvalue weighted by Gasteiger charge is 2.55. The van der Waals surface area contributed by atoms with Crippen molar-refractivity contribution in [3.05, 3.63) is 59.4 Å². The summed E-state index contributed by atoms with van der Waals surface area (Å²) in [4.78, 5) is 27.1. The molecule has 4 rings (SSSR count). The molecule has 1 atom stereocenters. The topological polar surface area (TPSA) is 61.4 Å². The highest BCUT2D eigenvalue weighted by Crippen LogP contribution is 2.45. The van der Waals surface area contributed by atoms with Gasteiger partial charge in [-0.15, -0.1) is 0 Å². The third-order valence-corrected chi connectivity index (χ3v) is 4.39. The number of carbonyl (C=O) groups excluding carboxylic acids is 2. The molecule has 0 aromatic heterocycles. The van der Waals surface area contributed by atoms with Gasteiger partial charge in [0.2, 0.25) is 5.66 Å². The third kappa shape index (κ3) is 1.66.